The number of hydrogen-bond donors (Lipinski definition) is 4. The molecule has 0 atom stereocenters. The smallest absolute Gasteiger partial charge is 0.407 e. The summed E-state index contributed by atoms with van der Waals surface area (Å²) in [6, 6.07) is 16.8. The zero-order valence-corrected chi connectivity index (χ0v) is 31.2. The summed E-state index contributed by atoms with van der Waals surface area (Å²) in [5, 5.41) is 22.7. The van der Waals surface area contributed by atoms with Crippen molar-refractivity contribution in [1.29, 1.82) is 0 Å². The lowest BCUT2D eigenvalue weighted by Gasteiger charge is -2.36. The van der Waals surface area contributed by atoms with Gasteiger partial charge in [0, 0.05) is 55.1 Å². The fraction of sp³-hybridized carbons (Fsp3) is 0.381. The van der Waals surface area contributed by atoms with Crippen molar-refractivity contribution in [2.45, 2.75) is 70.7 Å². The van der Waals surface area contributed by atoms with Crippen LogP contribution in [0.25, 0.3) is 33.5 Å². The Morgan fingerprint density at radius 1 is 0.945 bits per heavy atom. The molecule has 5 aromatic rings. The van der Waals surface area contributed by atoms with E-state index in [4.69, 9.17) is 4.74 Å². The standard InChI is InChI=1S/C42H46F2N6O5/c1-25-33(21-29(43)22-36(25)48-40(51)32-9-8-28(20-35(32)44)42(2,3)54)38-34-23-37(47-39(34)46-24-45-38)27-6-4-26(5-7-27)10-15-49-16-11-30(12-17-49)55-31-13-18-50(19-14-31)41(52)53/h4-9,20-24,30-31,54H,10-19H2,1-3H3,(H,48,51)(H,52,53)(H,45,46,47). The minimum Gasteiger partial charge on any atom is -0.465 e. The largest absolute Gasteiger partial charge is 0.465 e. The number of carbonyl (C=O) groups is 2. The molecule has 2 amide bonds. The van der Waals surface area contributed by atoms with Crippen LogP contribution in [0.4, 0.5) is 19.3 Å². The van der Waals surface area contributed by atoms with Gasteiger partial charge in [0.1, 0.15) is 23.6 Å². The molecule has 11 nitrogen and oxygen atoms in total. The number of halogens is 2. The quantitative estimate of drug-likeness (QED) is 0.115. The number of piperidine rings is 2. The molecule has 0 radical (unpaired) electrons. The molecule has 4 heterocycles. The van der Waals surface area contributed by atoms with E-state index < -0.39 is 29.2 Å². The Bertz CT molecular complexity index is 2190. The number of likely N-dealkylation sites (tertiary alicyclic amines) is 2. The molecule has 13 heteroatoms. The fourth-order valence-corrected chi connectivity index (χ4v) is 7.50. The van der Waals surface area contributed by atoms with E-state index in [0.717, 1.165) is 69.1 Å². The summed E-state index contributed by atoms with van der Waals surface area (Å²) in [6.45, 7) is 8.78. The summed E-state index contributed by atoms with van der Waals surface area (Å²) in [7, 11) is 0. The van der Waals surface area contributed by atoms with Gasteiger partial charge in [0.05, 0.1) is 29.1 Å². The molecule has 2 aliphatic rings. The summed E-state index contributed by atoms with van der Waals surface area (Å²) < 4.78 is 36.4. The first-order chi connectivity index (χ1) is 26.3. The normalized spacial score (nSPS) is 16.1. The Morgan fingerprint density at radius 2 is 1.64 bits per heavy atom. The van der Waals surface area contributed by atoms with Crippen molar-refractivity contribution in [3.05, 3.63) is 101 Å². The lowest BCUT2D eigenvalue weighted by atomic mass is 9.96. The second kappa shape index (κ2) is 15.9. The van der Waals surface area contributed by atoms with Crippen LogP contribution in [-0.2, 0) is 16.8 Å². The molecule has 0 spiro atoms. The Kier molecular flexibility index (Phi) is 11.0. The van der Waals surface area contributed by atoms with Gasteiger partial charge in [-0.2, -0.15) is 0 Å². The topological polar surface area (TPSA) is 144 Å². The number of carboxylic acid groups (broad SMARTS) is 1. The second-order valence-electron chi connectivity index (χ2n) is 15.1. The van der Waals surface area contributed by atoms with Gasteiger partial charge in [-0.1, -0.05) is 30.3 Å². The van der Waals surface area contributed by atoms with Crippen molar-refractivity contribution in [2.75, 3.05) is 38.0 Å². The number of rotatable bonds is 10. The lowest BCUT2D eigenvalue weighted by Crippen LogP contribution is -2.43. The van der Waals surface area contributed by atoms with E-state index in [-0.39, 0.29) is 23.5 Å². The molecule has 55 heavy (non-hydrogen) atoms. The van der Waals surface area contributed by atoms with Crippen LogP contribution in [0.5, 0.6) is 0 Å². The Labute approximate surface area is 318 Å². The van der Waals surface area contributed by atoms with Crippen LogP contribution in [0.2, 0.25) is 0 Å². The van der Waals surface area contributed by atoms with Gasteiger partial charge in [-0.25, -0.2) is 23.5 Å². The summed E-state index contributed by atoms with van der Waals surface area (Å²) in [5.41, 5.74) is 4.06. The monoisotopic (exact) mass is 752 g/mol. The number of aromatic amines is 1. The molecule has 288 valence electrons. The Hall–Kier alpha value is -5.24. The SMILES string of the molecule is Cc1c(NC(=O)c2ccc(C(C)(C)O)cc2F)cc(F)cc1-c1ncnc2[nH]c(-c3ccc(CCN4CCC(OC5CCN(C(=O)O)CC5)CC4)cc3)cc12. The highest BCUT2D eigenvalue weighted by Crippen LogP contribution is 2.35. The highest BCUT2D eigenvalue weighted by Gasteiger charge is 2.27. The molecular formula is C42H46F2N6O5. The summed E-state index contributed by atoms with van der Waals surface area (Å²) in [6.07, 6.45) is 5.32. The average Bonchev–Trinajstić information content (AvgIpc) is 3.61. The predicted octanol–water partition coefficient (Wildman–Crippen LogP) is 7.52. The Morgan fingerprint density at radius 3 is 2.29 bits per heavy atom. The highest BCUT2D eigenvalue weighted by molar-refractivity contribution is 6.06. The van der Waals surface area contributed by atoms with E-state index in [1.807, 2.05) is 6.07 Å². The van der Waals surface area contributed by atoms with Gasteiger partial charge in [-0.15, -0.1) is 0 Å². The first-order valence-electron chi connectivity index (χ1n) is 18.8. The van der Waals surface area contributed by atoms with E-state index in [0.29, 0.717) is 46.5 Å². The maximum atomic E-state index is 15.1. The molecule has 3 aromatic carbocycles. The zero-order valence-electron chi connectivity index (χ0n) is 31.2. The highest BCUT2D eigenvalue weighted by atomic mass is 19.1. The molecule has 0 unspecified atom stereocenters. The van der Waals surface area contributed by atoms with Crippen LogP contribution in [-0.4, -0.2) is 91.9 Å². The zero-order chi connectivity index (χ0) is 38.9. The fourth-order valence-electron chi connectivity index (χ4n) is 7.50. The van der Waals surface area contributed by atoms with E-state index in [1.54, 1.807) is 6.92 Å². The number of fused-ring (bicyclic) bond motifs is 1. The molecule has 0 bridgehead atoms. The van der Waals surface area contributed by atoms with Crippen molar-refractivity contribution in [3.8, 4) is 22.5 Å². The van der Waals surface area contributed by atoms with Crippen molar-refractivity contribution >= 4 is 28.7 Å². The molecule has 4 N–H and O–H groups in total. The number of anilines is 1. The van der Waals surface area contributed by atoms with Gasteiger partial charge in [0.15, 0.2) is 0 Å². The van der Waals surface area contributed by atoms with E-state index in [9.17, 15) is 24.2 Å². The maximum Gasteiger partial charge on any atom is 0.407 e. The van der Waals surface area contributed by atoms with Crippen LogP contribution in [0.3, 0.4) is 0 Å². The van der Waals surface area contributed by atoms with Gasteiger partial charge < -0.3 is 35.1 Å². The number of nitrogens with zero attached hydrogens (tertiary/aromatic N) is 4. The molecule has 0 saturated carbocycles. The maximum absolute atomic E-state index is 15.1. The number of hydrogen-bond acceptors (Lipinski definition) is 7. The molecule has 7 rings (SSSR count). The minimum absolute atomic E-state index is 0.143. The number of aliphatic hydroxyl groups is 1. The number of carbonyl (C=O) groups excluding carboxylic acids is 1. The third-order valence-electron chi connectivity index (χ3n) is 10.8. The number of nitrogens with one attached hydrogen (secondary N) is 2. The van der Waals surface area contributed by atoms with Gasteiger partial charge >= 0.3 is 6.09 Å². The van der Waals surface area contributed by atoms with E-state index >= 15 is 4.39 Å². The van der Waals surface area contributed by atoms with Crippen LogP contribution >= 0.6 is 0 Å². The third-order valence-corrected chi connectivity index (χ3v) is 10.8. The number of ether oxygens (including phenoxy) is 1. The van der Waals surface area contributed by atoms with Crippen molar-refractivity contribution in [2.24, 2.45) is 0 Å². The van der Waals surface area contributed by atoms with Crippen LogP contribution in [0.1, 0.15) is 66.6 Å². The molecule has 2 aliphatic heterocycles. The van der Waals surface area contributed by atoms with Gasteiger partial charge in [0.2, 0.25) is 0 Å². The molecule has 0 aliphatic carbocycles. The Balaban J connectivity index is 0.987. The number of aromatic nitrogens is 3. The number of amides is 2. The van der Waals surface area contributed by atoms with Crippen LogP contribution in [0, 0.1) is 18.6 Å². The molecular weight excluding hydrogens is 706 g/mol. The van der Waals surface area contributed by atoms with Gasteiger partial charge in [-0.05, 0) is 105 Å². The van der Waals surface area contributed by atoms with Crippen molar-refractivity contribution < 1.29 is 33.3 Å². The summed E-state index contributed by atoms with van der Waals surface area (Å²) in [4.78, 5) is 40.5. The van der Waals surface area contributed by atoms with Gasteiger partial charge in [0.25, 0.3) is 5.91 Å². The first kappa shape index (κ1) is 38.1. The van der Waals surface area contributed by atoms with E-state index in [1.165, 1.54) is 54.9 Å². The molecule has 2 fully saturated rings. The predicted molar refractivity (Wildman–Crippen MR) is 206 cm³/mol. The second-order valence-corrected chi connectivity index (χ2v) is 15.1. The van der Waals surface area contributed by atoms with Gasteiger partial charge in [-0.3, -0.25) is 4.79 Å². The summed E-state index contributed by atoms with van der Waals surface area (Å²) >= 11 is 0. The minimum atomic E-state index is -1.28. The third kappa shape index (κ3) is 8.69. The lowest BCUT2D eigenvalue weighted by molar-refractivity contribution is -0.0624. The summed E-state index contributed by atoms with van der Waals surface area (Å²) in [5.74, 6) is -2.14. The average molecular weight is 753 g/mol. The van der Waals surface area contributed by atoms with Crippen molar-refractivity contribution in [3.63, 3.8) is 0 Å². The first-order valence-corrected chi connectivity index (χ1v) is 18.8. The molecule has 2 saturated heterocycles. The number of H-pyrrole nitrogens is 1. The molecule has 2 aromatic heterocycles. The van der Waals surface area contributed by atoms with Crippen LogP contribution in [0.15, 0.2) is 67.0 Å². The number of benzene rings is 3. The van der Waals surface area contributed by atoms with Crippen molar-refractivity contribution in [1.82, 2.24) is 24.8 Å². The van der Waals surface area contributed by atoms with Crippen LogP contribution < -0.4 is 5.32 Å². The van der Waals surface area contributed by atoms with E-state index in [2.05, 4.69) is 49.4 Å².